The maximum atomic E-state index is 11.7. The lowest BCUT2D eigenvalue weighted by molar-refractivity contribution is 0.0519. The summed E-state index contributed by atoms with van der Waals surface area (Å²) in [7, 11) is 2.04. The zero-order valence-corrected chi connectivity index (χ0v) is 14.6. The minimum atomic E-state index is -0.405. The molecule has 0 atom stereocenters. The number of nitrogens with zero attached hydrogens (tertiary/aromatic N) is 4. The molecule has 0 aliphatic carbocycles. The van der Waals surface area contributed by atoms with Gasteiger partial charge in [-0.15, -0.1) is 0 Å². The van der Waals surface area contributed by atoms with Gasteiger partial charge in [0.1, 0.15) is 0 Å². The van der Waals surface area contributed by atoms with E-state index in [2.05, 4.69) is 26.4 Å². The van der Waals surface area contributed by atoms with Crippen molar-refractivity contribution in [1.82, 2.24) is 20.0 Å². The molecule has 7 nitrogen and oxygen atoms in total. The van der Waals surface area contributed by atoms with Gasteiger partial charge in [-0.05, 0) is 37.1 Å². The zero-order chi connectivity index (χ0) is 17.6. The second-order valence-electron chi connectivity index (χ2n) is 5.87. The van der Waals surface area contributed by atoms with Gasteiger partial charge < -0.3 is 15.0 Å². The molecule has 1 aliphatic rings. The van der Waals surface area contributed by atoms with E-state index in [-0.39, 0.29) is 0 Å². The highest BCUT2D eigenvalue weighted by atomic mass is 16.5. The number of hydrogen-bond donors (Lipinski definition) is 1. The predicted octanol–water partition coefficient (Wildman–Crippen LogP) is 1.83. The molecule has 1 aromatic heterocycles. The van der Waals surface area contributed by atoms with Crippen LogP contribution in [0.15, 0.2) is 41.5 Å². The normalized spacial score (nSPS) is 14.2. The van der Waals surface area contributed by atoms with E-state index in [1.807, 2.05) is 25.2 Å². The molecule has 2 heterocycles. The molecule has 0 unspecified atom stereocenters. The van der Waals surface area contributed by atoms with Crippen LogP contribution in [-0.2, 0) is 11.3 Å². The Bertz CT molecular complexity index is 768. The molecule has 0 bridgehead atoms. The fraction of sp³-hybridized carbons (Fsp3) is 0.389. The Labute approximate surface area is 147 Å². The summed E-state index contributed by atoms with van der Waals surface area (Å²) in [6, 6.07) is 9.68. The number of nitrogens with one attached hydrogen (secondary N) is 1. The van der Waals surface area contributed by atoms with Crippen LogP contribution in [0.5, 0.6) is 0 Å². The summed E-state index contributed by atoms with van der Waals surface area (Å²) in [6.07, 6.45) is 2.86. The van der Waals surface area contributed by atoms with E-state index >= 15 is 0 Å². The van der Waals surface area contributed by atoms with E-state index in [4.69, 9.17) is 4.74 Å². The zero-order valence-electron chi connectivity index (χ0n) is 14.6. The van der Waals surface area contributed by atoms with Gasteiger partial charge in [0.2, 0.25) is 0 Å². The van der Waals surface area contributed by atoms with Crippen LogP contribution in [0, 0.1) is 0 Å². The van der Waals surface area contributed by atoms with Gasteiger partial charge in [-0.1, -0.05) is 12.1 Å². The molecule has 0 fully saturated rings. The van der Waals surface area contributed by atoms with Gasteiger partial charge in [-0.3, -0.25) is 4.99 Å². The van der Waals surface area contributed by atoms with Crippen molar-refractivity contribution in [2.45, 2.75) is 19.9 Å². The highest BCUT2D eigenvalue weighted by molar-refractivity contribution is 5.87. The minimum absolute atomic E-state index is 0.309. The lowest BCUT2D eigenvalue weighted by atomic mass is 10.2. The fourth-order valence-corrected chi connectivity index (χ4v) is 2.68. The smallest absolute Gasteiger partial charge is 0.358 e. The van der Waals surface area contributed by atoms with E-state index in [0.717, 1.165) is 36.7 Å². The first-order valence-corrected chi connectivity index (χ1v) is 8.49. The lowest BCUT2D eigenvalue weighted by Crippen LogP contribution is -2.41. The molecule has 25 heavy (non-hydrogen) atoms. The van der Waals surface area contributed by atoms with Crippen molar-refractivity contribution in [3.8, 4) is 5.69 Å². The van der Waals surface area contributed by atoms with Crippen LogP contribution in [0.3, 0.4) is 0 Å². The molecule has 0 spiro atoms. The van der Waals surface area contributed by atoms with E-state index < -0.39 is 5.97 Å². The van der Waals surface area contributed by atoms with Gasteiger partial charge >= 0.3 is 5.97 Å². The number of esters is 1. The number of hydrogen-bond acceptors (Lipinski definition) is 6. The number of aromatic nitrogens is 2. The standard InChI is InChI=1S/C18H23N5O2/c1-3-25-17(24)16-8-11-23(21-16)15-7-4-6-14(12-15)13-20-18-19-9-5-10-22(18)2/h4,6-8,11-12H,3,5,9-10,13H2,1-2H3,(H,19,20). The third kappa shape index (κ3) is 4.17. The molecular weight excluding hydrogens is 318 g/mol. The quantitative estimate of drug-likeness (QED) is 0.840. The summed E-state index contributed by atoms with van der Waals surface area (Å²) >= 11 is 0. The van der Waals surface area contributed by atoms with Gasteiger partial charge in [0.15, 0.2) is 11.7 Å². The molecular formula is C18H23N5O2. The highest BCUT2D eigenvalue weighted by Gasteiger charge is 2.12. The Morgan fingerprint density at radius 2 is 2.24 bits per heavy atom. The number of benzene rings is 1. The molecule has 2 aromatic rings. The Morgan fingerprint density at radius 1 is 1.36 bits per heavy atom. The third-order valence-corrected chi connectivity index (χ3v) is 3.97. The second-order valence-corrected chi connectivity index (χ2v) is 5.87. The first-order valence-electron chi connectivity index (χ1n) is 8.49. The van der Waals surface area contributed by atoms with Crippen LogP contribution in [0.25, 0.3) is 5.69 Å². The molecule has 1 aliphatic heterocycles. The Hall–Kier alpha value is -2.83. The monoisotopic (exact) mass is 341 g/mol. The molecule has 7 heteroatoms. The van der Waals surface area contributed by atoms with Crippen molar-refractivity contribution in [3.63, 3.8) is 0 Å². The molecule has 0 saturated carbocycles. The first kappa shape index (κ1) is 17.0. The van der Waals surface area contributed by atoms with Crippen LogP contribution in [0.1, 0.15) is 29.4 Å². The number of rotatable bonds is 5. The fourth-order valence-electron chi connectivity index (χ4n) is 2.68. The molecule has 1 N–H and O–H groups in total. The van der Waals surface area contributed by atoms with Crippen molar-refractivity contribution in [2.75, 3.05) is 26.7 Å². The molecule has 132 valence electrons. The van der Waals surface area contributed by atoms with Gasteiger partial charge in [0.25, 0.3) is 0 Å². The largest absolute Gasteiger partial charge is 0.461 e. The average molecular weight is 341 g/mol. The Morgan fingerprint density at radius 3 is 3.04 bits per heavy atom. The number of carbonyl (C=O) groups is 1. The third-order valence-electron chi connectivity index (χ3n) is 3.97. The van der Waals surface area contributed by atoms with E-state index in [1.54, 1.807) is 23.9 Å². The summed E-state index contributed by atoms with van der Waals surface area (Å²) in [4.78, 5) is 18.4. The van der Waals surface area contributed by atoms with Crippen LogP contribution in [0.4, 0.5) is 0 Å². The molecule has 3 rings (SSSR count). The summed E-state index contributed by atoms with van der Waals surface area (Å²) in [5.74, 6) is 0.526. The van der Waals surface area contributed by atoms with Gasteiger partial charge in [0, 0.05) is 32.9 Å². The number of ether oxygens (including phenoxy) is 1. The molecule has 1 aromatic carbocycles. The van der Waals surface area contributed by atoms with Crippen LogP contribution < -0.4 is 5.32 Å². The number of aliphatic imine (C=N–C) groups is 1. The number of carbonyl (C=O) groups excluding carboxylic acids is 1. The molecule has 0 radical (unpaired) electrons. The molecule has 0 amide bonds. The second kappa shape index (κ2) is 7.83. The summed E-state index contributed by atoms with van der Waals surface area (Å²) < 4.78 is 6.65. The van der Waals surface area contributed by atoms with Crippen molar-refractivity contribution in [3.05, 3.63) is 47.8 Å². The van der Waals surface area contributed by atoms with Crippen molar-refractivity contribution in [1.29, 1.82) is 0 Å². The average Bonchev–Trinajstić information content (AvgIpc) is 3.12. The number of guanidine groups is 1. The van der Waals surface area contributed by atoms with Gasteiger partial charge in [-0.25, -0.2) is 9.48 Å². The summed E-state index contributed by atoms with van der Waals surface area (Å²) in [6.45, 7) is 4.69. The van der Waals surface area contributed by atoms with Crippen LogP contribution in [0.2, 0.25) is 0 Å². The Kier molecular flexibility index (Phi) is 5.33. The van der Waals surface area contributed by atoms with Crippen molar-refractivity contribution >= 4 is 11.9 Å². The van der Waals surface area contributed by atoms with E-state index in [9.17, 15) is 4.79 Å². The van der Waals surface area contributed by atoms with Crippen LogP contribution in [-0.4, -0.2) is 53.4 Å². The van der Waals surface area contributed by atoms with Crippen molar-refractivity contribution < 1.29 is 9.53 Å². The van der Waals surface area contributed by atoms with Crippen molar-refractivity contribution in [2.24, 2.45) is 4.99 Å². The predicted molar refractivity (Wildman–Crippen MR) is 95.9 cm³/mol. The van der Waals surface area contributed by atoms with Crippen LogP contribution >= 0.6 is 0 Å². The Balaban J connectivity index is 1.69. The first-order chi connectivity index (χ1) is 12.2. The molecule has 0 saturated heterocycles. The van der Waals surface area contributed by atoms with Gasteiger partial charge in [-0.2, -0.15) is 5.10 Å². The van der Waals surface area contributed by atoms with E-state index in [0.29, 0.717) is 18.8 Å². The topological polar surface area (TPSA) is 71.8 Å². The van der Waals surface area contributed by atoms with E-state index in [1.165, 1.54) is 0 Å². The maximum absolute atomic E-state index is 11.7. The maximum Gasteiger partial charge on any atom is 0.358 e. The minimum Gasteiger partial charge on any atom is -0.461 e. The van der Waals surface area contributed by atoms with Gasteiger partial charge in [0.05, 0.1) is 12.3 Å². The lowest BCUT2D eigenvalue weighted by Gasteiger charge is -2.25. The summed E-state index contributed by atoms with van der Waals surface area (Å²) in [5.41, 5.74) is 2.32. The highest BCUT2D eigenvalue weighted by Crippen LogP contribution is 2.11. The summed E-state index contributed by atoms with van der Waals surface area (Å²) in [5, 5.41) is 7.67. The SMILES string of the molecule is CCOC(=O)c1ccn(-c2cccc(CNC3=NCCCN3C)c2)n1.